The summed E-state index contributed by atoms with van der Waals surface area (Å²) in [7, 11) is 0. The Hall–Kier alpha value is -0.260. The zero-order valence-electron chi connectivity index (χ0n) is 11.1. The Morgan fingerprint density at radius 1 is 1.22 bits per heavy atom. The molecule has 0 radical (unpaired) electrons. The van der Waals surface area contributed by atoms with E-state index >= 15 is 0 Å². The molecule has 0 atom stereocenters. The lowest BCUT2D eigenvalue weighted by Gasteiger charge is -2.26. The Kier molecular flexibility index (Phi) is 6.31. The van der Waals surface area contributed by atoms with Gasteiger partial charge in [0.1, 0.15) is 0 Å². The third kappa shape index (κ3) is 5.16. The quantitative estimate of drug-likeness (QED) is 0.746. The van der Waals surface area contributed by atoms with E-state index in [1.807, 2.05) is 11.8 Å². The molecule has 0 bridgehead atoms. The maximum absolute atomic E-state index is 11.6. The summed E-state index contributed by atoms with van der Waals surface area (Å²) < 4.78 is 0. The molecule has 0 aromatic heterocycles. The van der Waals surface area contributed by atoms with Crippen LogP contribution in [0, 0.1) is 0 Å². The number of hydrogen-bond acceptors (Lipinski definition) is 4. The number of hydrogen-bond donors (Lipinski definition) is 2. The number of nitrogens with zero attached hydrogens (tertiary/aromatic N) is 1. The van der Waals surface area contributed by atoms with E-state index in [2.05, 4.69) is 15.5 Å². The fourth-order valence-corrected chi connectivity index (χ4v) is 3.59. The highest BCUT2D eigenvalue weighted by atomic mass is 32.2. The number of nitrogens with one attached hydrogen (secondary N) is 2. The minimum Gasteiger partial charge on any atom is -0.354 e. The molecule has 0 unspecified atom stereocenters. The molecule has 1 aliphatic carbocycles. The lowest BCUT2D eigenvalue weighted by molar-refractivity contribution is -0.120. The predicted octanol–water partition coefficient (Wildman–Crippen LogP) is 0.684. The van der Waals surface area contributed by atoms with Crippen LogP contribution in [-0.4, -0.2) is 61.1 Å². The average Bonchev–Trinajstić information content (AvgIpc) is 2.91. The first-order valence-electron chi connectivity index (χ1n) is 7.15. The third-order valence-electron chi connectivity index (χ3n) is 3.76. The van der Waals surface area contributed by atoms with Crippen LogP contribution in [0.5, 0.6) is 0 Å². The van der Waals surface area contributed by atoms with Crippen molar-refractivity contribution in [1.82, 2.24) is 15.5 Å². The summed E-state index contributed by atoms with van der Waals surface area (Å²) in [6.07, 6.45) is 5.09. The van der Waals surface area contributed by atoms with Gasteiger partial charge in [-0.3, -0.25) is 9.69 Å². The zero-order chi connectivity index (χ0) is 12.6. The average molecular weight is 271 g/mol. The first-order valence-corrected chi connectivity index (χ1v) is 8.30. The highest BCUT2D eigenvalue weighted by Gasteiger charge is 2.15. The topological polar surface area (TPSA) is 44.4 Å². The Balaban J connectivity index is 1.48. The minimum atomic E-state index is 0.147. The first kappa shape index (κ1) is 14.2. The molecule has 2 rings (SSSR count). The second-order valence-corrected chi connectivity index (χ2v) is 6.39. The van der Waals surface area contributed by atoms with Gasteiger partial charge in [-0.15, -0.1) is 0 Å². The van der Waals surface area contributed by atoms with Gasteiger partial charge in [0.15, 0.2) is 0 Å². The van der Waals surface area contributed by atoms with Crippen LogP contribution in [0.4, 0.5) is 0 Å². The van der Waals surface area contributed by atoms with Gasteiger partial charge in [-0.25, -0.2) is 0 Å². The molecule has 1 saturated carbocycles. The molecule has 18 heavy (non-hydrogen) atoms. The van der Waals surface area contributed by atoms with E-state index in [0.717, 1.165) is 13.1 Å². The molecule has 0 spiro atoms. The third-order valence-corrected chi connectivity index (χ3v) is 4.70. The van der Waals surface area contributed by atoms with Crippen LogP contribution >= 0.6 is 11.8 Å². The van der Waals surface area contributed by atoms with Crippen molar-refractivity contribution in [3.05, 3.63) is 0 Å². The number of amides is 1. The lowest BCUT2D eigenvalue weighted by atomic mass is 10.2. The van der Waals surface area contributed by atoms with Crippen molar-refractivity contribution >= 4 is 17.7 Å². The molecule has 1 heterocycles. The van der Waals surface area contributed by atoms with E-state index in [-0.39, 0.29) is 5.91 Å². The fraction of sp³-hybridized carbons (Fsp3) is 0.923. The van der Waals surface area contributed by atoms with E-state index in [1.165, 1.54) is 50.3 Å². The van der Waals surface area contributed by atoms with Crippen molar-refractivity contribution in [2.75, 3.05) is 44.2 Å². The summed E-state index contributed by atoms with van der Waals surface area (Å²) in [5.74, 6) is 2.61. The SMILES string of the molecule is O=C(CNC1CCCC1)NCCN1CCSCC1. The number of carbonyl (C=O) groups is 1. The summed E-state index contributed by atoms with van der Waals surface area (Å²) in [4.78, 5) is 14.1. The van der Waals surface area contributed by atoms with Gasteiger partial charge in [-0.1, -0.05) is 12.8 Å². The second kappa shape index (κ2) is 8.02. The molecule has 1 amide bonds. The Labute approximate surface area is 114 Å². The molecule has 1 aliphatic heterocycles. The molecular formula is C13H25N3OS. The maximum atomic E-state index is 11.6. The van der Waals surface area contributed by atoms with Crippen molar-refractivity contribution in [2.45, 2.75) is 31.7 Å². The Bertz CT molecular complexity index is 251. The lowest BCUT2D eigenvalue weighted by Crippen LogP contribution is -2.42. The summed E-state index contributed by atoms with van der Waals surface area (Å²) in [6, 6.07) is 0.579. The number of thioether (sulfide) groups is 1. The molecule has 2 aliphatic rings. The Morgan fingerprint density at radius 2 is 1.94 bits per heavy atom. The first-order chi connectivity index (χ1) is 8.84. The molecule has 0 aromatic rings. The van der Waals surface area contributed by atoms with Crippen LogP contribution in [0.1, 0.15) is 25.7 Å². The molecule has 104 valence electrons. The van der Waals surface area contributed by atoms with E-state index < -0.39 is 0 Å². The van der Waals surface area contributed by atoms with Crippen molar-refractivity contribution < 1.29 is 4.79 Å². The van der Waals surface area contributed by atoms with Gasteiger partial charge in [-0.05, 0) is 12.8 Å². The van der Waals surface area contributed by atoms with Crippen molar-refractivity contribution in [2.24, 2.45) is 0 Å². The molecule has 2 fully saturated rings. The highest BCUT2D eigenvalue weighted by Crippen LogP contribution is 2.17. The van der Waals surface area contributed by atoms with Crippen LogP contribution in [0.15, 0.2) is 0 Å². The Morgan fingerprint density at radius 3 is 2.67 bits per heavy atom. The number of carbonyl (C=O) groups excluding carboxylic acids is 1. The zero-order valence-corrected chi connectivity index (χ0v) is 11.9. The molecular weight excluding hydrogens is 246 g/mol. The van der Waals surface area contributed by atoms with E-state index in [1.54, 1.807) is 0 Å². The highest BCUT2D eigenvalue weighted by molar-refractivity contribution is 7.99. The standard InChI is InChI=1S/C13H25N3OS/c17-13(11-15-12-3-1-2-4-12)14-5-6-16-7-9-18-10-8-16/h12,15H,1-11H2,(H,14,17). The van der Waals surface area contributed by atoms with Gasteiger partial charge < -0.3 is 10.6 Å². The molecule has 2 N–H and O–H groups in total. The molecule has 4 nitrogen and oxygen atoms in total. The molecule has 5 heteroatoms. The van der Waals surface area contributed by atoms with E-state index in [9.17, 15) is 4.79 Å². The van der Waals surface area contributed by atoms with Gasteiger partial charge >= 0.3 is 0 Å². The minimum absolute atomic E-state index is 0.147. The summed E-state index contributed by atoms with van der Waals surface area (Å²) >= 11 is 2.02. The van der Waals surface area contributed by atoms with E-state index in [0.29, 0.717) is 12.6 Å². The largest absolute Gasteiger partial charge is 0.354 e. The fourth-order valence-electron chi connectivity index (χ4n) is 2.61. The normalized spacial score (nSPS) is 22.2. The monoisotopic (exact) mass is 271 g/mol. The molecule has 1 saturated heterocycles. The smallest absolute Gasteiger partial charge is 0.234 e. The summed E-state index contributed by atoms with van der Waals surface area (Å²) in [5.41, 5.74) is 0. The molecule has 0 aromatic carbocycles. The van der Waals surface area contributed by atoms with Gasteiger partial charge in [-0.2, -0.15) is 11.8 Å². The van der Waals surface area contributed by atoms with Crippen LogP contribution in [0.2, 0.25) is 0 Å². The summed E-state index contributed by atoms with van der Waals surface area (Å²) in [6.45, 7) is 4.60. The predicted molar refractivity (Wildman–Crippen MR) is 77.0 cm³/mol. The van der Waals surface area contributed by atoms with Crippen molar-refractivity contribution in [3.63, 3.8) is 0 Å². The van der Waals surface area contributed by atoms with Crippen molar-refractivity contribution in [1.29, 1.82) is 0 Å². The van der Waals surface area contributed by atoms with Crippen molar-refractivity contribution in [3.8, 4) is 0 Å². The van der Waals surface area contributed by atoms with Gasteiger partial charge in [0.2, 0.25) is 5.91 Å². The second-order valence-electron chi connectivity index (χ2n) is 5.17. The van der Waals surface area contributed by atoms with Gasteiger partial charge in [0.25, 0.3) is 0 Å². The van der Waals surface area contributed by atoms with Gasteiger partial charge in [0, 0.05) is 43.7 Å². The number of rotatable bonds is 6. The van der Waals surface area contributed by atoms with Crippen LogP contribution in [0.25, 0.3) is 0 Å². The maximum Gasteiger partial charge on any atom is 0.234 e. The van der Waals surface area contributed by atoms with E-state index in [4.69, 9.17) is 0 Å². The van der Waals surface area contributed by atoms with Crippen LogP contribution in [0.3, 0.4) is 0 Å². The van der Waals surface area contributed by atoms with Crippen LogP contribution in [-0.2, 0) is 4.79 Å². The van der Waals surface area contributed by atoms with Gasteiger partial charge in [0.05, 0.1) is 6.54 Å². The summed E-state index contributed by atoms with van der Waals surface area (Å²) in [5, 5.41) is 6.34. The van der Waals surface area contributed by atoms with Crippen LogP contribution < -0.4 is 10.6 Å².